The van der Waals surface area contributed by atoms with E-state index >= 15 is 0 Å². The molecule has 0 atom stereocenters. The molecule has 0 aliphatic carbocycles. The van der Waals surface area contributed by atoms with Crippen LogP contribution in [0.1, 0.15) is 20.3 Å². The van der Waals surface area contributed by atoms with Crippen LogP contribution in [0.25, 0.3) is 0 Å². The number of allylic oxidation sites excluding steroid dienone is 4. The first kappa shape index (κ1) is 13.0. The average molecular weight is 196 g/mol. The normalized spacial score (nSPS) is 12.8. The van der Waals surface area contributed by atoms with Crippen LogP contribution >= 0.6 is 0 Å². The SMILES string of the molecule is C=CC(=CC=C(C)CC)OCCOC. The van der Waals surface area contributed by atoms with E-state index in [1.54, 1.807) is 13.2 Å². The van der Waals surface area contributed by atoms with Gasteiger partial charge in [0.25, 0.3) is 0 Å². The zero-order chi connectivity index (χ0) is 10.8. The number of ether oxygens (including phenoxy) is 2. The highest BCUT2D eigenvalue weighted by Crippen LogP contribution is 2.03. The highest BCUT2D eigenvalue weighted by atomic mass is 16.5. The van der Waals surface area contributed by atoms with Crippen molar-refractivity contribution >= 4 is 0 Å². The van der Waals surface area contributed by atoms with Crippen LogP contribution in [0.3, 0.4) is 0 Å². The average Bonchev–Trinajstić information content (AvgIpc) is 2.22. The third-order valence-corrected chi connectivity index (χ3v) is 1.85. The summed E-state index contributed by atoms with van der Waals surface area (Å²) in [5.74, 6) is 0.787. The number of rotatable bonds is 7. The molecule has 0 aromatic heterocycles. The van der Waals surface area contributed by atoms with E-state index in [-0.39, 0.29) is 0 Å². The molecule has 0 saturated carbocycles. The van der Waals surface area contributed by atoms with Crippen LogP contribution < -0.4 is 0 Å². The third-order valence-electron chi connectivity index (χ3n) is 1.85. The van der Waals surface area contributed by atoms with E-state index in [0.717, 1.165) is 12.2 Å². The first-order valence-corrected chi connectivity index (χ1v) is 4.86. The second kappa shape index (κ2) is 8.57. The van der Waals surface area contributed by atoms with Crippen molar-refractivity contribution in [2.45, 2.75) is 20.3 Å². The maximum atomic E-state index is 5.40. The monoisotopic (exact) mass is 196 g/mol. The van der Waals surface area contributed by atoms with Crippen LogP contribution in [0.15, 0.2) is 36.1 Å². The van der Waals surface area contributed by atoms with E-state index in [0.29, 0.717) is 13.2 Å². The standard InChI is InChI=1S/C12H20O2/c1-5-11(3)7-8-12(6-2)14-10-9-13-4/h6-8H,2,5,9-10H2,1,3-4H3. The highest BCUT2D eigenvalue weighted by molar-refractivity contribution is 5.19. The smallest absolute Gasteiger partial charge is 0.118 e. The molecule has 0 saturated heterocycles. The van der Waals surface area contributed by atoms with Gasteiger partial charge in [-0.2, -0.15) is 0 Å². The first-order valence-electron chi connectivity index (χ1n) is 4.86. The summed E-state index contributed by atoms with van der Waals surface area (Å²) in [6.45, 7) is 9.06. The fraction of sp³-hybridized carbons (Fsp3) is 0.500. The van der Waals surface area contributed by atoms with E-state index < -0.39 is 0 Å². The molecule has 0 unspecified atom stereocenters. The van der Waals surface area contributed by atoms with Crippen molar-refractivity contribution in [1.29, 1.82) is 0 Å². The molecule has 2 nitrogen and oxygen atoms in total. The number of hydrogen-bond acceptors (Lipinski definition) is 2. The van der Waals surface area contributed by atoms with Crippen molar-refractivity contribution in [3.05, 3.63) is 36.1 Å². The maximum absolute atomic E-state index is 5.40. The topological polar surface area (TPSA) is 18.5 Å². The van der Waals surface area contributed by atoms with Crippen molar-refractivity contribution < 1.29 is 9.47 Å². The lowest BCUT2D eigenvalue weighted by Crippen LogP contribution is -2.00. The van der Waals surface area contributed by atoms with Crippen molar-refractivity contribution in [1.82, 2.24) is 0 Å². The van der Waals surface area contributed by atoms with E-state index in [9.17, 15) is 0 Å². The van der Waals surface area contributed by atoms with Crippen LogP contribution in [-0.4, -0.2) is 20.3 Å². The molecule has 0 N–H and O–H groups in total. The molecule has 14 heavy (non-hydrogen) atoms. The fourth-order valence-electron chi connectivity index (χ4n) is 0.760. The van der Waals surface area contributed by atoms with Crippen molar-refractivity contribution in [2.75, 3.05) is 20.3 Å². The predicted octanol–water partition coefficient (Wildman–Crippen LogP) is 3.08. The Morgan fingerprint density at radius 3 is 2.50 bits per heavy atom. The molecule has 0 aromatic carbocycles. The van der Waals surface area contributed by atoms with E-state index in [4.69, 9.17) is 9.47 Å². The lowest BCUT2D eigenvalue weighted by molar-refractivity contribution is 0.114. The van der Waals surface area contributed by atoms with Crippen LogP contribution in [0.2, 0.25) is 0 Å². The molecule has 0 aliphatic rings. The van der Waals surface area contributed by atoms with Crippen molar-refractivity contribution in [2.24, 2.45) is 0 Å². The number of methoxy groups -OCH3 is 1. The third kappa shape index (κ3) is 6.49. The van der Waals surface area contributed by atoms with Gasteiger partial charge in [0.15, 0.2) is 0 Å². The van der Waals surface area contributed by atoms with Gasteiger partial charge >= 0.3 is 0 Å². The van der Waals surface area contributed by atoms with Crippen molar-refractivity contribution in [3.63, 3.8) is 0 Å². The van der Waals surface area contributed by atoms with E-state index in [1.165, 1.54) is 5.57 Å². The molecule has 0 aromatic rings. The molecule has 0 spiro atoms. The van der Waals surface area contributed by atoms with Gasteiger partial charge in [0.1, 0.15) is 12.4 Å². The van der Waals surface area contributed by atoms with E-state index in [1.807, 2.05) is 12.2 Å². The molecular weight excluding hydrogens is 176 g/mol. The Labute approximate surface area is 86.9 Å². The summed E-state index contributed by atoms with van der Waals surface area (Å²) in [6.07, 6.45) is 6.74. The van der Waals surface area contributed by atoms with Crippen LogP contribution in [0, 0.1) is 0 Å². The van der Waals surface area contributed by atoms with Crippen LogP contribution in [0.4, 0.5) is 0 Å². The Kier molecular flexibility index (Phi) is 7.95. The molecule has 0 heterocycles. The fourth-order valence-corrected chi connectivity index (χ4v) is 0.760. The lowest BCUT2D eigenvalue weighted by atomic mass is 10.2. The minimum atomic E-state index is 0.563. The van der Waals surface area contributed by atoms with Crippen molar-refractivity contribution in [3.8, 4) is 0 Å². The van der Waals surface area contributed by atoms with Crippen LogP contribution in [-0.2, 0) is 9.47 Å². The van der Waals surface area contributed by atoms with Gasteiger partial charge in [-0.3, -0.25) is 0 Å². The van der Waals surface area contributed by atoms with E-state index in [2.05, 4.69) is 20.4 Å². The van der Waals surface area contributed by atoms with Crippen LogP contribution in [0.5, 0.6) is 0 Å². The summed E-state index contributed by atoms with van der Waals surface area (Å²) in [5.41, 5.74) is 1.32. The number of hydrogen-bond donors (Lipinski definition) is 0. The molecule has 2 heteroatoms. The molecule has 0 rings (SSSR count). The molecule has 0 bridgehead atoms. The Hall–Kier alpha value is -1.02. The van der Waals surface area contributed by atoms with Gasteiger partial charge in [0.05, 0.1) is 6.61 Å². The summed E-state index contributed by atoms with van der Waals surface area (Å²) < 4.78 is 10.3. The summed E-state index contributed by atoms with van der Waals surface area (Å²) in [4.78, 5) is 0. The Morgan fingerprint density at radius 1 is 1.29 bits per heavy atom. The summed E-state index contributed by atoms with van der Waals surface area (Å²) in [5, 5.41) is 0. The van der Waals surface area contributed by atoms with Gasteiger partial charge in [-0.25, -0.2) is 0 Å². The molecule has 0 amide bonds. The molecule has 0 fully saturated rings. The lowest BCUT2D eigenvalue weighted by Gasteiger charge is -2.04. The van der Waals surface area contributed by atoms with Gasteiger partial charge in [0, 0.05) is 7.11 Å². The predicted molar refractivity (Wildman–Crippen MR) is 60.2 cm³/mol. The van der Waals surface area contributed by atoms with Gasteiger partial charge < -0.3 is 9.47 Å². The van der Waals surface area contributed by atoms with Gasteiger partial charge in [0.2, 0.25) is 0 Å². The Bertz CT molecular complexity index is 214. The van der Waals surface area contributed by atoms with Gasteiger partial charge in [-0.15, -0.1) is 0 Å². The summed E-state index contributed by atoms with van der Waals surface area (Å²) in [7, 11) is 1.65. The zero-order valence-corrected chi connectivity index (χ0v) is 9.38. The molecule has 0 aliphatic heterocycles. The molecular formula is C12H20O2. The second-order valence-electron chi connectivity index (χ2n) is 2.98. The zero-order valence-electron chi connectivity index (χ0n) is 9.38. The second-order valence-corrected chi connectivity index (χ2v) is 2.98. The summed E-state index contributed by atoms with van der Waals surface area (Å²) in [6, 6.07) is 0. The maximum Gasteiger partial charge on any atom is 0.118 e. The molecule has 0 radical (unpaired) electrons. The molecule has 80 valence electrons. The first-order chi connectivity index (χ1) is 6.74. The highest BCUT2D eigenvalue weighted by Gasteiger charge is 1.90. The Morgan fingerprint density at radius 2 is 2.00 bits per heavy atom. The van der Waals surface area contributed by atoms with Gasteiger partial charge in [-0.1, -0.05) is 25.2 Å². The minimum absolute atomic E-state index is 0.563. The summed E-state index contributed by atoms with van der Waals surface area (Å²) >= 11 is 0. The van der Waals surface area contributed by atoms with Gasteiger partial charge in [-0.05, 0) is 25.5 Å². The Balaban J connectivity index is 4.05. The largest absolute Gasteiger partial charge is 0.491 e. The minimum Gasteiger partial charge on any atom is -0.491 e. The quantitative estimate of drug-likeness (QED) is 0.354.